The maximum absolute atomic E-state index is 15.9. The number of carbonyl (C=O) groups excluding carboxylic acids is 6. The quantitative estimate of drug-likeness (QED) is 0.0388. The molecule has 14 nitrogen and oxygen atoms in total. The van der Waals surface area contributed by atoms with Crippen LogP contribution in [-0.4, -0.2) is 77.3 Å². The van der Waals surface area contributed by atoms with Gasteiger partial charge in [0.05, 0.1) is 0 Å². The average molecular weight is 1100 g/mol. The molecule has 2 saturated heterocycles. The second kappa shape index (κ2) is 21.1. The number of fused-ring (bicyclic) bond motifs is 4. The Hall–Kier alpha value is -6.94. The highest BCUT2D eigenvalue weighted by Gasteiger charge is 2.72. The third-order valence-electron chi connectivity index (χ3n) is 12.5. The summed E-state index contributed by atoms with van der Waals surface area (Å²) in [5, 5.41) is 0.323. The van der Waals surface area contributed by atoms with Crippen molar-refractivity contribution in [1.29, 1.82) is 0 Å². The molecule has 0 spiro atoms. The maximum Gasteiger partial charge on any atom is 0.333 e. The Morgan fingerprint density at radius 2 is 0.770 bits per heavy atom. The van der Waals surface area contributed by atoms with E-state index in [0.29, 0.717) is 22.3 Å². The SMILES string of the molecule is CCN1C(=O)C(=Nc2cc3c(s2)C2=C(c4sc(N=C5SC(=S)N(CC)C5=O)cc4C2(C(=O)OCc2ccccc2)C(=O)OCc2ccccc2)C3(C(=O)OCc2ccccc2)C(=O)OCc2ccccc2)SC1=S. The van der Waals surface area contributed by atoms with Gasteiger partial charge in [-0.1, -0.05) is 146 Å². The second-order valence-corrected chi connectivity index (χ2v) is 22.1. The van der Waals surface area contributed by atoms with Crippen molar-refractivity contribution < 1.29 is 47.7 Å². The van der Waals surface area contributed by atoms with Crippen LogP contribution in [0, 0.1) is 0 Å². The fourth-order valence-electron chi connectivity index (χ4n) is 8.99. The number of hydrogen-bond acceptors (Lipinski definition) is 18. The maximum atomic E-state index is 15.9. The third kappa shape index (κ3) is 8.91. The minimum Gasteiger partial charge on any atom is -0.459 e. The predicted molar refractivity (Wildman–Crippen MR) is 293 cm³/mol. The van der Waals surface area contributed by atoms with Gasteiger partial charge in [0.2, 0.25) is 10.8 Å². The van der Waals surface area contributed by atoms with Crippen LogP contribution in [0.2, 0.25) is 0 Å². The number of benzene rings is 4. The zero-order valence-electron chi connectivity index (χ0n) is 39.3. The molecule has 0 saturated carbocycles. The summed E-state index contributed by atoms with van der Waals surface area (Å²) in [6.45, 7) is 2.94. The standard InChI is InChI=1S/C54H40N4O10S6/c1-3-57-45(59)43(73-51(57)69)55-37-25-35-41(71-37)39-40(53(35,47(61)65-27-31-17-9-5-10-18-31)48(62)66-28-32-19-11-6-12-20-32)42-36(26-38(72-42)56-44-46(60)58(4-2)52(70)74-44)54(39,49(63)67-29-33-21-13-7-14-22-33)50(64)68-30-34-23-15-8-16-24-34/h5-26H,3-4,27-30H2,1-2H3. The summed E-state index contributed by atoms with van der Waals surface area (Å²) in [5.74, 6) is -5.30. The molecule has 372 valence electrons. The van der Waals surface area contributed by atoms with E-state index in [1.807, 2.05) is 0 Å². The third-order valence-corrected chi connectivity index (χ3v) is 17.2. The number of thiocarbonyl (C=S) groups is 2. The molecule has 4 heterocycles. The van der Waals surface area contributed by atoms with Gasteiger partial charge < -0.3 is 18.9 Å². The lowest BCUT2D eigenvalue weighted by molar-refractivity contribution is -0.165. The number of hydrogen-bond donors (Lipinski definition) is 0. The van der Waals surface area contributed by atoms with E-state index in [2.05, 4.69) is 0 Å². The number of ether oxygens (including phenoxy) is 4. The van der Waals surface area contributed by atoms with Crippen LogP contribution in [-0.2, 0) is 85.0 Å². The van der Waals surface area contributed by atoms with Crippen molar-refractivity contribution >= 4 is 146 Å². The highest BCUT2D eigenvalue weighted by atomic mass is 32.2. The molecule has 0 radical (unpaired) electrons. The van der Waals surface area contributed by atoms with Crippen molar-refractivity contribution in [3.8, 4) is 0 Å². The molecule has 4 aliphatic rings. The summed E-state index contributed by atoms with van der Waals surface area (Å²) in [4.78, 5) is 103. The number of esters is 4. The van der Waals surface area contributed by atoms with E-state index in [9.17, 15) is 9.59 Å². The Morgan fingerprint density at radius 3 is 1.03 bits per heavy atom. The number of thiophene rings is 2. The Balaban J connectivity index is 1.26. The summed E-state index contributed by atoms with van der Waals surface area (Å²) in [6, 6.07) is 38.3. The fraction of sp³-hybridized carbons (Fsp3) is 0.185. The predicted octanol–water partition coefficient (Wildman–Crippen LogP) is 10.0. The highest BCUT2D eigenvalue weighted by molar-refractivity contribution is 8.35. The minimum atomic E-state index is -2.59. The van der Waals surface area contributed by atoms with Gasteiger partial charge in [-0.05, 0) is 71.8 Å². The smallest absolute Gasteiger partial charge is 0.333 e. The van der Waals surface area contributed by atoms with Gasteiger partial charge in [0.1, 0.15) is 45.1 Å². The normalized spacial score (nSPS) is 17.2. The van der Waals surface area contributed by atoms with Crippen molar-refractivity contribution in [2.45, 2.75) is 51.1 Å². The topological polar surface area (TPSA) is 171 Å². The Bertz CT molecular complexity index is 3060. The summed E-state index contributed by atoms with van der Waals surface area (Å²) < 4.78 is 25.5. The Kier molecular flexibility index (Phi) is 14.4. The van der Waals surface area contributed by atoms with Crippen LogP contribution in [0.4, 0.5) is 10.0 Å². The van der Waals surface area contributed by atoms with Crippen molar-refractivity contribution in [2.75, 3.05) is 13.1 Å². The first-order valence-electron chi connectivity index (χ1n) is 23.0. The average Bonchev–Trinajstić information content (AvgIpc) is 4.33. The van der Waals surface area contributed by atoms with Crippen molar-refractivity contribution in [1.82, 2.24) is 9.80 Å². The fourth-order valence-corrected chi connectivity index (χ4v) is 14.1. The molecule has 2 fully saturated rings. The minimum absolute atomic E-state index is 0.0261. The van der Waals surface area contributed by atoms with Gasteiger partial charge in [0.15, 0.2) is 10.1 Å². The molecule has 6 aromatic rings. The molecule has 2 aromatic heterocycles. The Morgan fingerprint density at radius 1 is 0.486 bits per heavy atom. The molecule has 20 heteroatoms. The summed E-state index contributed by atoms with van der Waals surface area (Å²) >= 11 is 14.9. The lowest BCUT2D eigenvalue weighted by Crippen LogP contribution is -2.45. The number of amides is 2. The zero-order valence-corrected chi connectivity index (χ0v) is 44.2. The lowest BCUT2D eigenvalue weighted by atomic mass is 9.76. The van der Waals surface area contributed by atoms with Crippen LogP contribution in [0.15, 0.2) is 143 Å². The van der Waals surface area contributed by atoms with Gasteiger partial charge in [-0.2, -0.15) is 0 Å². The van der Waals surface area contributed by atoms with Crippen LogP contribution in [0.5, 0.6) is 0 Å². The van der Waals surface area contributed by atoms with E-state index < -0.39 is 46.5 Å². The zero-order chi connectivity index (χ0) is 51.7. The number of nitrogens with zero attached hydrogens (tertiary/aromatic N) is 4. The van der Waals surface area contributed by atoms with E-state index in [1.54, 1.807) is 135 Å². The van der Waals surface area contributed by atoms with Gasteiger partial charge in [0, 0.05) is 45.1 Å². The van der Waals surface area contributed by atoms with Crippen LogP contribution in [0.1, 0.15) is 57.0 Å². The van der Waals surface area contributed by atoms with E-state index in [1.165, 1.54) is 21.9 Å². The molecule has 10 rings (SSSR count). The number of aliphatic imine (C=N–C) groups is 2. The number of thioether (sulfide) groups is 2. The van der Waals surface area contributed by atoms with Crippen LogP contribution < -0.4 is 0 Å². The first-order valence-corrected chi connectivity index (χ1v) is 27.1. The van der Waals surface area contributed by atoms with Crippen molar-refractivity contribution in [2.24, 2.45) is 9.98 Å². The first kappa shape index (κ1) is 50.6. The largest absolute Gasteiger partial charge is 0.459 e. The molecule has 0 N–H and O–H groups in total. The summed E-state index contributed by atoms with van der Waals surface area (Å²) in [5.41, 5.74) is -3.08. The highest BCUT2D eigenvalue weighted by Crippen LogP contribution is 2.69. The van der Waals surface area contributed by atoms with Gasteiger partial charge in [0.25, 0.3) is 11.8 Å². The summed E-state index contributed by atoms with van der Waals surface area (Å²) in [7, 11) is 0. The van der Waals surface area contributed by atoms with Gasteiger partial charge in [-0.3, -0.25) is 38.6 Å². The van der Waals surface area contributed by atoms with Crippen molar-refractivity contribution in [3.05, 3.63) is 177 Å². The van der Waals surface area contributed by atoms with Gasteiger partial charge in [-0.15, -0.1) is 22.7 Å². The molecule has 2 aliphatic carbocycles. The van der Waals surface area contributed by atoms with Gasteiger partial charge in [-0.25, -0.2) is 9.98 Å². The van der Waals surface area contributed by atoms with Crippen LogP contribution in [0.3, 0.4) is 0 Å². The van der Waals surface area contributed by atoms with E-state index in [4.69, 9.17) is 53.4 Å². The number of rotatable bonds is 16. The van der Waals surface area contributed by atoms with Crippen LogP contribution >= 0.6 is 70.6 Å². The van der Waals surface area contributed by atoms with Gasteiger partial charge >= 0.3 is 23.9 Å². The lowest BCUT2D eigenvalue weighted by Gasteiger charge is -2.29. The van der Waals surface area contributed by atoms with E-state index >= 15 is 19.2 Å². The van der Waals surface area contributed by atoms with E-state index in [0.717, 1.165) is 46.2 Å². The molecular formula is C54H40N4O10S6. The molecule has 2 amide bonds. The first-order chi connectivity index (χ1) is 35.9. The van der Waals surface area contributed by atoms with Crippen molar-refractivity contribution in [3.63, 3.8) is 0 Å². The second-order valence-electron chi connectivity index (χ2n) is 16.8. The van der Waals surface area contributed by atoms with Crippen LogP contribution in [0.25, 0.3) is 11.1 Å². The molecule has 4 aromatic carbocycles. The number of carbonyl (C=O) groups is 6. The molecule has 0 atom stereocenters. The molecule has 2 aliphatic heterocycles. The molecule has 74 heavy (non-hydrogen) atoms. The Labute approximate surface area is 451 Å². The monoisotopic (exact) mass is 1100 g/mol. The molecular weight excluding hydrogens is 1060 g/mol. The molecule has 0 unspecified atom stereocenters. The molecule has 0 bridgehead atoms. The summed E-state index contributed by atoms with van der Waals surface area (Å²) in [6.07, 6.45) is 0. The van der Waals surface area contributed by atoms with E-state index in [-0.39, 0.29) is 100 Å².